The molecule has 1 aromatic heterocycles. The van der Waals surface area contributed by atoms with Gasteiger partial charge in [0.15, 0.2) is 5.82 Å². The maximum Gasteiger partial charge on any atom is 0.257 e. The Hall–Kier alpha value is -2.48. The molecule has 2 aliphatic heterocycles. The Labute approximate surface area is 197 Å². The van der Waals surface area contributed by atoms with Crippen LogP contribution in [0.3, 0.4) is 0 Å². The van der Waals surface area contributed by atoms with Gasteiger partial charge in [-0.25, -0.2) is 17.4 Å². The molecule has 7 nitrogen and oxygen atoms in total. The van der Waals surface area contributed by atoms with Crippen molar-refractivity contribution < 1.29 is 13.6 Å². The fraction of sp³-hybridized carbons (Fsp3) is 0.522. The summed E-state index contributed by atoms with van der Waals surface area (Å²) in [6, 6.07) is 4.43. The lowest BCUT2D eigenvalue weighted by Crippen LogP contribution is -2.47. The van der Waals surface area contributed by atoms with E-state index in [0.717, 1.165) is 19.2 Å². The first kappa shape index (κ1) is 23.7. The third kappa shape index (κ3) is 4.90. The topological polar surface area (TPSA) is 66.7 Å². The lowest BCUT2D eigenvalue weighted by molar-refractivity contribution is 0.0702. The van der Waals surface area contributed by atoms with Crippen molar-refractivity contribution in [2.24, 2.45) is 5.41 Å². The van der Waals surface area contributed by atoms with E-state index in [9.17, 15) is 18.8 Å². The molecule has 0 atom stereocenters. The summed E-state index contributed by atoms with van der Waals surface area (Å²) in [5, 5.41) is 9.79. The van der Waals surface area contributed by atoms with Crippen molar-refractivity contribution in [2.75, 3.05) is 58.3 Å². The standard InChI is InChI=1S/C23H28F2N6OS/c1-23(15-26)4-6-29(7-5-23)21-17-12-16(24)13-19(25)20(17)27-14-18(21)22(32)30-8-10-31(11-9-30)33-28(2)3/h12-14H,4-11H2,1-3H3. The molecule has 1 aromatic carbocycles. The van der Waals surface area contributed by atoms with E-state index in [1.54, 1.807) is 17.0 Å². The Bertz CT molecular complexity index is 1090. The van der Waals surface area contributed by atoms with Crippen LogP contribution in [0, 0.1) is 28.4 Å². The van der Waals surface area contributed by atoms with Crippen LogP contribution in [-0.4, -0.2) is 77.8 Å². The van der Waals surface area contributed by atoms with Crippen LogP contribution < -0.4 is 4.90 Å². The van der Waals surface area contributed by atoms with Crippen LogP contribution in [-0.2, 0) is 0 Å². The minimum Gasteiger partial charge on any atom is -0.370 e. The minimum atomic E-state index is -0.751. The number of pyridine rings is 1. The van der Waals surface area contributed by atoms with E-state index < -0.39 is 17.0 Å². The third-order valence-electron chi connectivity index (χ3n) is 6.35. The molecule has 0 bridgehead atoms. The van der Waals surface area contributed by atoms with E-state index in [-0.39, 0.29) is 11.4 Å². The molecule has 0 unspecified atom stereocenters. The average Bonchev–Trinajstić information content (AvgIpc) is 2.78. The Balaban J connectivity index is 1.69. The molecular weight excluding hydrogens is 446 g/mol. The number of carbonyl (C=O) groups excluding carboxylic acids is 1. The van der Waals surface area contributed by atoms with E-state index in [1.165, 1.54) is 12.3 Å². The summed E-state index contributed by atoms with van der Waals surface area (Å²) >= 11 is 1.62. The van der Waals surface area contributed by atoms with Gasteiger partial charge in [-0.2, -0.15) is 5.26 Å². The number of carbonyl (C=O) groups is 1. The molecule has 33 heavy (non-hydrogen) atoms. The van der Waals surface area contributed by atoms with Crippen molar-refractivity contribution in [3.05, 3.63) is 35.5 Å². The molecule has 1 amide bonds. The number of hydrogen-bond acceptors (Lipinski definition) is 7. The van der Waals surface area contributed by atoms with Crippen LogP contribution in [0.1, 0.15) is 30.1 Å². The molecule has 2 aliphatic rings. The lowest BCUT2D eigenvalue weighted by Gasteiger charge is -2.39. The molecule has 0 saturated carbocycles. The smallest absolute Gasteiger partial charge is 0.257 e. The van der Waals surface area contributed by atoms with Gasteiger partial charge in [0, 0.05) is 69.1 Å². The largest absolute Gasteiger partial charge is 0.370 e. The van der Waals surface area contributed by atoms with Gasteiger partial charge in [-0.15, -0.1) is 0 Å². The average molecular weight is 475 g/mol. The number of halogens is 2. The summed E-state index contributed by atoms with van der Waals surface area (Å²) in [5.41, 5.74) is 0.458. The molecule has 10 heteroatoms. The van der Waals surface area contributed by atoms with Crippen LogP contribution in [0.5, 0.6) is 0 Å². The number of nitriles is 1. The second-order valence-corrected chi connectivity index (χ2v) is 10.5. The summed E-state index contributed by atoms with van der Waals surface area (Å²) in [4.78, 5) is 21.5. The summed E-state index contributed by atoms with van der Waals surface area (Å²) < 4.78 is 33.0. The highest BCUT2D eigenvalue weighted by molar-refractivity contribution is 7.94. The molecule has 0 aliphatic carbocycles. The van der Waals surface area contributed by atoms with Crippen molar-refractivity contribution in [2.45, 2.75) is 19.8 Å². The zero-order valence-electron chi connectivity index (χ0n) is 19.1. The van der Waals surface area contributed by atoms with Crippen molar-refractivity contribution in [3.8, 4) is 6.07 Å². The fourth-order valence-corrected chi connectivity index (χ4v) is 5.21. The van der Waals surface area contributed by atoms with E-state index in [0.29, 0.717) is 55.7 Å². The van der Waals surface area contributed by atoms with Crippen LogP contribution in [0.25, 0.3) is 10.9 Å². The highest BCUT2D eigenvalue weighted by Gasteiger charge is 2.34. The van der Waals surface area contributed by atoms with Crippen molar-refractivity contribution in [1.29, 1.82) is 5.26 Å². The highest BCUT2D eigenvalue weighted by atomic mass is 32.2. The van der Waals surface area contributed by atoms with Crippen LogP contribution in [0.2, 0.25) is 0 Å². The summed E-state index contributed by atoms with van der Waals surface area (Å²) in [7, 11) is 3.95. The molecule has 4 rings (SSSR count). The molecule has 2 aromatic rings. The Morgan fingerprint density at radius 3 is 2.42 bits per heavy atom. The molecule has 0 radical (unpaired) electrons. The Kier molecular flexibility index (Phi) is 6.75. The van der Waals surface area contributed by atoms with Crippen molar-refractivity contribution in [1.82, 2.24) is 18.5 Å². The summed E-state index contributed by atoms with van der Waals surface area (Å²) in [6.07, 6.45) is 2.64. The third-order valence-corrected chi connectivity index (χ3v) is 7.27. The number of piperidine rings is 1. The monoisotopic (exact) mass is 474 g/mol. The van der Waals surface area contributed by atoms with Crippen molar-refractivity contribution in [3.63, 3.8) is 0 Å². The molecule has 2 saturated heterocycles. The molecule has 176 valence electrons. The first-order valence-electron chi connectivity index (χ1n) is 11.0. The van der Waals surface area contributed by atoms with E-state index in [4.69, 9.17) is 0 Å². The predicted molar refractivity (Wildman–Crippen MR) is 126 cm³/mol. The van der Waals surface area contributed by atoms with Gasteiger partial charge in [0.05, 0.1) is 22.7 Å². The molecule has 2 fully saturated rings. The number of fused-ring (bicyclic) bond motifs is 1. The number of amides is 1. The van der Waals surface area contributed by atoms with Gasteiger partial charge in [-0.3, -0.25) is 9.78 Å². The minimum absolute atomic E-state index is 0.0452. The van der Waals surface area contributed by atoms with Gasteiger partial charge < -0.3 is 9.80 Å². The number of hydrogen-bond donors (Lipinski definition) is 0. The zero-order chi connectivity index (χ0) is 23.8. The van der Waals surface area contributed by atoms with Gasteiger partial charge in [-0.1, -0.05) is 0 Å². The van der Waals surface area contributed by atoms with E-state index in [2.05, 4.69) is 15.4 Å². The van der Waals surface area contributed by atoms with Crippen LogP contribution in [0.15, 0.2) is 18.3 Å². The predicted octanol–water partition coefficient (Wildman–Crippen LogP) is 3.53. The fourth-order valence-electron chi connectivity index (χ4n) is 4.42. The second kappa shape index (κ2) is 9.41. The van der Waals surface area contributed by atoms with Gasteiger partial charge in [0.25, 0.3) is 5.91 Å². The summed E-state index contributed by atoms with van der Waals surface area (Å²) in [6.45, 7) is 5.52. The van der Waals surface area contributed by atoms with Crippen molar-refractivity contribution >= 4 is 34.6 Å². The Morgan fingerprint density at radius 2 is 1.82 bits per heavy atom. The van der Waals surface area contributed by atoms with Crippen LogP contribution in [0.4, 0.5) is 14.5 Å². The number of anilines is 1. The number of nitrogens with zero attached hydrogens (tertiary/aromatic N) is 6. The van der Waals surface area contributed by atoms with E-state index >= 15 is 0 Å². The summed E-state index contributed by atoms with van der Waals surface area (Å²) in [5.74, 6) is -1.65. The SMILES string of the molecule is CN(C)SN1CCN(C(=O)c2cnc3c(F)cc(F)cc3c2N2CCC(C)(C#N)CC2)CC1. The second-order valence-electron chi connectivity index (χ2n) is 9.08. The first-order chi connectivity index (χ1) is 15.7. The van der Waals surface area contributed by atoms with Gasteiger partial charge >= 0.3 is 0 Å². The van der Waals surface area contributed by atoms with Crippen LogP contribution >= 0.6 is 12.1 Å². The maximum atomic E-state index is 14.5. The highest BCUT2D eigenvalue weighted by Crippen LogP contribution is 2.38. The van der Waals surface area contributed by atoms with Gasteiger partial charge in [-0.05, 0) is 39.9 Å². The number of aromatic nitrogens is 1. The number of rotatable bonds is 4. The lowest BCUT2D eigenvalue weighted by atomic mass is 9.81. The zero-order valence-corrected chi connectivity index (χ0v) is 20.0. The normalized spacial score (nSPS) is 19.2. The van der Waals surface area contributed by atoms with Gasteiger partial charge in [0.2, 0.25) is 0 Å². The maximum absolute atomic E-state index is 14.5. The van der Waals surface area contributed by atoms with E-state index in [1.807, 2.05) is 30.2 Å². The molecule has 3 heterocycles. The quantitative estimate of drug-likeness (QED) is 0.628. The number of piperazine rings is 1. The Morgan fingerprint density at radius 1 is 1.15 bits per heavy atom. The number of benzene rings is 1. The van der Waals surface area contributed by atoms with Gasteiger partial charge in [0.1, 0.15) is 11.3 Å². The first-order valence-corrected chi connectivity index (χ1v) is 11.8. The molecular formula is C23H28F2N6OS. The molecule has 0 spiro atoms. The molecule has 0 N–H and O–H groups in total.